The standard InChI is InChI=1S/C18H25BrO2/c19-18-14(12-16-8-1-3-10-20-16)6-5-7-15(18)13-17-9-2-4-11-21-17/h5-7,16-17H,1-4,8-13H2. The molecule has 0 spiro atoms. The van der Waals surface area contributed by atoms with Crippen molar-refractivity contribution in [2.75, 3.05) is 13.2 Å². The van der Waals surface area contributed by atoms with E-state index in [0.29, 0.717) is 12.2 Å². The van der Waals surface area contributed by atoms with Crippen LogP contribution in [0.4, 0.5) is 0 Å². The maximum atomic E-state index is 5.88. The molecule has 0 aromatic heterocycles. The lowest BCUT2D eigenvalue weighted by Crippen LogP contribution is -2.23. The molecule has 116 valence electrons. The highest BCUT2D eigenvalue weighted by Gasteiger charge is 2.19. The van der Waals surface area contributed by atoms with E-state index in [1.165, 1.54) is 54.1 Å². The molecule has 2 atom stereocenters. The fraction of sp³-hybridized carbons (Fsp3) is 0.667. The lowest BCUT2D eigenvalue weighted by Gasteiger charge is -2.25. The Morgan fingerprint density at radius 2 is 1.38 bits per heavy atom. The Morgan fingerprint density at radius 1 is 0.857 bits per heavy atom. The normalized spacial score (nSPS) is 26.7. The van der Waals surface area contributed by atoms with Gasteiger partial charge in [0.05, 0.1) is 12.2 Å². The van der Waals surface area contributed by atoms with Crippen molar-refractivity contribution in [3.8, 4) is 0 Å². The highest BCUT2D eigenvalue weighted by atomic mass is 79.9. The van der Waals surface area contributed by atoms with E-state index in [-0.39, 0.29) is 0 Å². The van der Waals surface area contributed by atoms with Crippen LogP contribution in [0.15, 0.2) is 22.7 Å². The third kappa shape index (κ3) is 4.30. The van der Waals surface area contributed by atoms with E-state index >= 15 is 0 Å². The van der Waals surface area contributed by atoms with Crippen LogP contribution in [0.2, 0.25) is 0 Å². The average molecular weight is 353 g/mol. The van der Waals surface area contributed by atoms with Crippen LogP contribution in [0, 0.1) is 0 Å². The Bertz CT molecular complexity index is 410. The second-order valence-corrected chi connectivity index (χ2v) is 7.07. The smallest absolute Gasteiger partial charge is 0.0615 e. The number of halogens is 1. The van der Waals surface area contributed by atoms with Crippen molar-refractivity contribution in [3.63, 3.8) is 0 Å². The molecule has 3 rings (SSSR count). The van der Waals surface area contributed by atoms with Gasteiger partial charge in [0.15, 0.2) is 0 Å². The fourth-order valence-electron chi connectivity index (χ4n) is 3.38. The van der Waals surface area contributed by atoms with Crippen molar-refractivity contribution in [1.82, 2.24) is 0 Å². The Balaban J connectivity index is 1.65. The van der Waals surface area contributed by atoms with Gasteiger partial charge in [0.1, 0.15) is 0 Å². The maximum Gasteiger partial charge on any atom is 0.0615 e. The number of hydrogen-bond acceptors (Lipinski definition) is 2. The van der Waals surface area contributed by atoms with Gasteiger partial charge in [-0.3, -0.25) is 0 Å². The van der Waals surface area contributed by atoms with Crippen LogP contribution in [0.3, 0.4) is 0 Å². The van der Waals surface area contributed by atoms with E-state index in [9.17, 15) is 0 Å². The van der Waals surface area contributed by atoms with Crippen molar-refractivity contribution in [1.29, 1.82) is 0 Å². The molecular formula is C18H25BrO2. The molecule has 0 N–H and O–H groups in total. The van der Waals surface area contributed by atoms with Crippen LogP contribution < -0.4 is 0 Å². The first-order valence-electron chi connectivity index (χ1n) is 8.32. The van der Waals surface area contributed by atoms with Gasteiger partial charge in [-0.2, -0.15) is 0 Å². The monoisotopic (exact) mass is 352 g/mol. The Morgan fingerprint density at radius 3 is 1.81 bits per heavy atom. The summed E-state index contributed by atoms with van der Waals surface area (Å²) < 4.78 is 13.0. The molecule has 2 saturated heterocycles. The minimum absolute atomic E-state index is 0.399. The first-order valence-corrected chi connectivity index (χ1v) is 9.11. The average Bonchev–Trinajstić information content (AvgIpc) is 2.53. The van der Waals surface area contributed by atoms with Crippen molar-refractivity contribution >= 4 is 15.9 Å². The third-order valence-corrected chi connectivity index (χ3v) is 5.62. The highest BCUT2D eigenvalue weighted by Crippen LogP contribution is 2.28. The molecule has 2 fully saturated rings. The number of ether oxygens (including phenoxy) is 2. The molecule has 3 heteroatoms. The summed E-state index contributed by atoms with van der Waals surface area (Å²) >= 11 is 3.82. The van der Waals surface area contributed by atoms with Gasteiger partial charge in [0, 0.05) is 17.7 Å². The van der Waals surface area contributed by atoms with Crippen LogP contribution in [0.25, 0.3) is 0 Å². The topological polar surface area (TPSA) is 18.5 Å². The number of benzene rings is 1. The summed E-state index contributed by atoms with van der Waals surface area (Å²) in [6.07, 6.45) is 10.3. The molecule has 0 saturated carbocycles. The summed E-state index contributed by atoms with van der Waals surface area (Å²) in [5.41, 5.74) is 2.77. The molecular weight excluding hydrogens is 328 g/mol. The lowest BCUT2D eigenvalue weighted by atomic mass is 9.96. The lowest BCUT2D eigenvalue weighted by molar-refractivity contribution is 0.0158. The summed E-state index contributed by atoms with van der Waals surface area (Å²) in [5, 5.41) is 0. The highest BCUT2D eigenvalue weighted by molar-refractivity contribution is 9.10. The van der Waals surface area contributed by atoms with Crippen LogP contribution in [0.1, 0.15) is 49.7 Å². The van der Waals surface area contributed by atoms with Gasteiger partial charge >= 0.3 is 0 Å². The van der Waals surface area contributed by atoms with Crippen molar-refractivity contribution in [2.45, 2.75) is 63.6 Å². The molecule has 2 heterocycles. The summed E-state index contributed by atoms with van der Waals surface area (Å²) in [4.78, 5) is 0. The molecule has 21 heavy (non-hydrogen) atoms. The van der Waals surface area contributed by atoms with Crippen LogP contribution in [-0.4, -0.2) is 25.4 Å². The van der Waals surface area contributed by atoms with Gasteiger partial charge in [-0.1, -0.05) is 34.1 Å². The van der Waals surface area contributed by atoms with Gasteiger partial charge in [-0.25, -0.2) is 0 Å². The SMILES string of the molecule is Brc1c(CC2CCCCO2)cccc1CC1CCCCO1. The first kappa shape index (κ1) is 15.5. The zero-order valence-electron chi connectivity index (χ0n) is 12.7. The van der Waals surface area contributed by atoms with Gasteiger partial charge < -0.3 is 9.47 Å². The Labute approximate surface area is 136 Å². The van der Waals surface area contributed by atoms with E-state index in [1.54, 1.807) is 0 Å². The second kappa shape index (κ2) is 7.75. The predicted octanol–water partition coefficient (Wildman–Crippen LogP) is 4.67. The number of rotatable bonds is 4. The van der Waals surface area contributed by atoms with Crippen LogP contribution in [0.5, 0.6) is 0 Å². The molecule has 0 radical (unpaired) electrons. The number of hydrogen-bond donors (Lipinski definition) is 0. The van der Waals surface area contributed by atoms with Crippen molar-refractivity contribution < 1.29 is 9.47 Å². The van der Waals surface area contributed by atoms with E-state index in [0.717, 1.165) is 26.1 Å². The maximum absolute atomic E-state index is 5.88. The molecule has 0 bridgehead atoms. The van der Waals surface area contributed by atoms with Crippen molar-refractivity contribution in [2.24, 2.45) is 0 Å². The van der Waals surface area contributed by atoms with Crippen LogP contribution in [-0.2, 0) is 22.3 Å². The molecule has 1 aromatic rings. The minimum Gasteiger partial charge on any atom is -0.378 e. The van der Waals surface area contributed by atoms with E-state index in [4.69, 9.17) is 9.47 Å². The molecule has 0 amide bonds. The van der Waals surface area contributed by atoms with Crippen molar-refractivity contribution in [3.05, 3.63) is 33.8 Å². The second-order valence-electron chi connectivity index (χ2n) is 6.28. The zero-order chi connectivity index (χ0) is 14.5. The van der Waals surface area contributed by atoms with E-state index in [1.807, 2.05) is 0 Å². The Hall–Kier alpha value is -0.380. The van der Waals surface area contributed by atoms with Gasteiger partial charge in [0.25, 0.3) is 0 Å². The predicted molar refractivity (Wildman–Crippen MR) is 88.7 cm³/mol. The summed E-state index contributed by atoms with van der Waals surface area (Å²) in [7, 11) is 0. The first-order chi connectivity index (χ1) is 10.3. The molecule has 1 aromatic carbocycles. The summed E-state index contributed by atoms with van der Waals surface area (Å²) in [6, 6.07) is 6.64. The fourth-order valence-corrected chi connectivity index (χ4v) is 3.96. The largest absolute Gasteiger partial charge is 0.378 e. The summed E-state index contributed by atoms with van der Waals surface area (Å²) in [6.45, 7) is 1.86. The molecule has 2 unspecified atom stereocenters. The molecule has 2 aliphatic rings. The molecule has 2 aliphatic heterocycles. The summed E-state index contributed by atoms with van der Waals surface area (Å²) in [5.74, 6) is 0. The van der Waals surface area contributed by atoms with E-state index in [2.05, 4.69) is 34.1 Å². The quantitative estimate of drug-likeness (QED) is 0.783. The zero-order valence-corrected chi connectivity index (χ0v) is 14.2. The van der Waals surface area contributed by atoms with Gasteiger partial charge in [0.2, 0.25) is 0 Å². The van der Waals surface area contributed by atoms with Crippen LogP contribution >= 0.6 is 15.9 Å². The molecule has 0 aliphatic carbocycles. The van der Waals surface area contributed by atoms with E-state index < -0.39 is 0 Å². The van der Waals surface area contributed by atoms with Gasteiger partial charge in [-0.05, 0) is 62.5 Å². The Kier molecular flexibility index (Phi) is 5.73. The van der Waals surface area contributed by atoms with Gasteiger partial charge in [-0.15, -0.1) is 0 Å². The molecule has 2 nitrogen and oxygen atoms in total. The minimum atomic E-state index is 0.399. The third-order valence-electron chi connectivity index (χ3n) is 4.60.